The molecule has 1 saturated heterocycles. The minimum Gasteiger partial charge on any atom is -0.382 e. The summed E-state index contributed by atoms with van der Waals surface area (Å²) in [6.45, 7) is 3.96. The molecule has 1 aliphatic rings. The third-order valence-electron chi connectivity index (χ3n) is 2.15. The second-order valence-corrected chi connectivity index (χ2v) is 3.56. The summed E-state index contributed by atoms with van der Waals surface area (Å²) in [6.07, 6.45) is 0.114. The first kappa shape index (κ1) is 10.9. The highest BCUT2D eigenvalue weighted by molar-refractivity contribution is 4.85. The fraction of sp³-hybridized carbons (Fsp3) is 1.00. The molecule has 1 aliphatic heterocycles. The summed E-state index contributed by atoms with van der Waals surface area (Å²) in [5.41, 5.74) is 5.83. The van der Waals surface area contributed by atoms with Gasteiger partial charge in [-0.05, 0) is 6.92 Å². The van der Waals surface area contributed by atoms with E-state index in [0.29, 0.717) is 19.7 Å². The maximum Gasteiger partial charge on any atom is 0.0884 e. The number of rotatable bonds is 4. The second kappa shape index (κ2) is 4.88. The Morgan fingerprint density at radius 2 is 2.23 bits per heavy atom. The van der Waals surface area contributed by atoms with Crippen molar-refractivity contribution in [3.8, 4) is 0 Å². The van der Waals surface area contributed by atoms with Crippen molar-refractivity contribution in [3.63, 3.8) is 0 Å². The molecule has 5 nitrogen and oxygen atoms in total. The largest absolute Gasteiger partial charge is 0.382 e. The monoisotopic (exact) mass is 189 g/mol. The topological polar surface area (TPSA) is 73.7 Å². The number of hydrazine groups is 1. The molecule has 0 bridgehead atoms. The Labute approximate surface area is 78.9 Å². The normalized spacial score (nSPS) is 32.3. The van der Waals surface area contributed by atoms with Gasteiger partial charge in [0.2, 0.25) is 0 Å². The average Bonchev–Trinajstić information content (AvgIpc) is 2.30. The Kier molecular flexibility index (Phi) is 4.08. The van der Waals surface area contributed by atoms with Gasteiger partial charge in [0.1, 0.15) is 0 Å². The van der Waals surface area contributed by atoms with Gasteiger partial charge >= 0.3 is 0 Å². The van der Waals surface area contributed by atoms with Gasteiger partial charge < -0.3 is 15.2 Å². The van der Waals surface area contributed by atoms with E-state index in [1.54, 1.807) is 12.1 Å². The molecule has 0 aliphatic carbocycles. The lowest BCUT2D eigenvalue weighted by Gasteiger charge is -2.20. The van der Waals surface area contributed by atoms with Crippen LogP contribution in [0.5, 0.6) is 0 Å². The summed E-state index contributed by atoms with van der Waals surface area (Å²) >= 11 is 0. The SMILES string of the molecule is COCC(C)OC1CN(N)CC1N. The Morgan fingerprint density at radius 3 is 2.69 bits per heavy atom. The van der Waals surface area contributed by atoms with Crippen molar-refractivity contribution < 1.29 is 9.47 Å². The van der Waals surface area contributed by atoms with Gasteiger partial charge in [0.15, 0.2) is 0 Å². The van der Waals surface area contributed by atoms with E-state index in [0.717, 1.165) is 0 Å². The highest BCUT2D eigenvalue weighted by atomic mass is 16.5. The van der Waals surface area contributed by atoms with Crippen LogP contribution in [0, 0.1) is 0 Å². The lowest BCUT2D eigenvalue weighted by molar-refractivity contribution is -0.0385. The fourth-order valence-electron chi connectivity index (χ4n) is 1.55. The van der Waals surface area contributed by atoms with Gasteiger partial charge in [0, 0.05) is 26.2 Å². The summed E-state index contributed by atoms with van der Waals surface area (Å²) in [5.74, 6) is 5.61. The van der Waals surface area contributed by atoms with Crippen LogP contribution in [0.2, 0.25) is 0 Å². The first-order chi connectivity index (χ1) is 6.13. The van der Waals surface area contributed by atoms with Gasteiger partial charge in [-0.3, -0.25) is 5.84 Å². The molecule has 1 fully saturated rings. The number of nitrogens with two attached hydrogens (primary N) is 2. The fourth-order valence-corrected chi connectivity index (χ4v) is 1.55. The molecule has 0 radical (unpaired) electrons. The van der Waals surface area contributed by atoms with Crippen molar-refractivity contribution in [2.75, 3.05) is 26.8 Å². The highest BCUT2D eigenvalue weighted by Gasteiger charge is 2.30. The molecule has 0 amide bonds. The first-order valence-corrected chi connectivity index (χ1v) is 4.53. The van der Waals surface area contributed by atoms with Crippen LogP contribution in [0.15, 0.2) is 0 Å². The maximum atomic E-state index is 5.83. The van der Waals surface area contributed by atoms with Crippen molar-refractivity contribution in [1.29, 1.82) is 0 Å². The predicted molar refractivity (Wildman–Crippen MR) is 49.9 cm³/mol. The molecule has 13 heavy (non-hydrogen) atoms. The molecule has 0 aromatic carbocycles. The molecule has 5 heteroatoms. The van der Waals surface area contributed by atoms with Crippen molar-refractivity contribution in [2.24, 2.45) is 11.6 Å². The van der Waals surface area contributed by atoms with E-state index >= 15 is 0 Å². The van der Waals surface area contributed by atoms with Gasteiger partial charge in [0.05, 0.1) is 18.8 Å². The Balaban J connectivity index is 2.28. The zero-order chi connectivity index (χ0) is 9.84. The number of ether oxygens (including phenoxy) is 2. The van der Waals surface area contributed by atoms with Crippen LogP contribution in [0.1, 0.15) is 6.92 Å². The van der Waals surface area contributed by atoms with Crippen LogP contribution < -0.4 is 11.6 Å². The summed E-state index contributed by atoms with van der Waals surface area (Å²) in [6, 6.07) is 0.0179. The van der Waals surface area contributed by atoms with Crippen LogP contribution in [0.25, 0.3) is 0 Å². The first-order valence-electron chi connectivity index (χ1n) is 4.53. The lowest BCUT2D eigenvalue weighted by atomic mass is 10.2. The molecule has 4 N–H and O–H groups in total. The molecule has 78 valence electrons. The Hall–Kier alpha value is -0.200. The van der Waals surface area contributed by atoms with Gasteiger partial charge in [0.25, 0.3) is 0 Å². The minimum atomic E-state index is 0.0179. The molecular formula is C8H19N3O2. The molecule has 1 heterocycles. The van der Waals surface area contributed by atoms with E-state index in [9.17, 15) is 0 Å². The minimum absolute atomic E-state index is 0.0179. The number of hydrogen-bond donors (Lipinski definition) is 2. The van der Waals surface area contributed by atoms with E-state index in [-0.39, 0.29) is 18.2 Å². The Bertz CT molecular complexity index is 156. The standard InChI is InChI=1S/C8H19N3O2/c1-6(5-12-2)13-8-4-11(10)3-7(8)9/h6-8H,3-5,9-10H2,1-2H3. The quantitative estimate of drug-likeness (QED) is 0.550. The predicted octanol–water partition coefficient (Wildman–Crippen LogP) is -1.08. The second-order valence-electron chi connectivity index (χ2n) is 3.56. The van der Waals surface area contributed by atoms with E-state index in [4.69, 9.17) is 21.1 Å². The van der Waals surface area contributed by atoms with Crippen molar-refractivity contribution in [1.82, 2.24) is 5.01 Å². The van der Waals surface area contributed by atoms with E-state index in [1.165, 1.54) is 0 Å². The number of methoxy groups -OCH3 is 1. The van der Waals surface area contributed by atoms with Crippen LogP contribution >= 0.6 is 0 Å². The van der Waals surface area contributed by atoms with Crippen molar-refractivity contribution in [2.45, 2.75) is 25.2 Å². The van der Waals surface area contributed by atoms with Crippen LogP contribution in [0.4, 0.5) is 0 Å². The molecular weight excluding hydrogens is 170 g/mol. The summed E-state index contributed by atoms with van der Waals surface area (Å²) in [4.78, 5) is 0. The summed E-state index contributed by atoms with van der Waals surface area (Å²) < 4.78 is 10.6. The van der Waals surface area contributed by atoms with Crippen LogP contribution in [-0.4, -0.2) is 50.1 Å². The number of nitrogens with zero attached hydrogens (tertiary/aromatic N) is 1. The lowest BCUT2D eigenvalue weighted by Crippen LogP contribution is -2.38. The smallest absolute Gasteiger partial charge is 0.0884 e. The number of hydrogen-bond acceptors (Lipinski definition) is 5. The van der Waals surface area contributed by atoms with Crippen molar-refractivity contribution in [3.05, 3.63) is 0 Å². The van der Waals surface area contributed by atoms with E-state index in [1.807, 2.05) is 6.92 Å². The van der Waals surface area contributed by atoms with E-state index < -0.39 is 0 Å². The zero-order valence-corrected chi connectivity index (χ0v) is 8.27. The van der Waals surface area contributed by atoms with Crippen LogP contribution in [-0.2, 0) is 9.47 Å². The molecule has 0 aromatic heterocycles. The van der Waals surface area contributed by atoms with Gasteiger partial charge in [-0.15, -0.1) is 0 Å². The third kappa shape index (κ3) is 3.21. The van der Waals surface area contributed by atoms with Gasteiger partial charge in [-0.1, -0.05) is 0 Å². The van der Waals surface area contributed by atoms with Crippen molar-refractivity contribution >= 4 is 0 Å². The molecule has 1 rings (SSSR count). The average molecular weight is 189 g/mol. The summed E-state index contributed by atoms with van der Waals surface area (Å²) in [5, 5.41) is 1.69. The molecule has 3 unspecified atom stereocenters. The molecule has 3 atom stereocenters. The Morgan fingerprint density at radius 1 is 1.54 bits per heavy atom. The third-order valence-corrected chi connectivity index (χ3v) is 2.15. The van der Waals surface area contributed by atoms with Gasteiger partial charge in [-0.25, -0.2) is 5.01 Å². The molecule has 0 aromatic rings. The van der Waals surface area contributed by atoms with E-state index in [2.05, 4.69) is 0 Å². The molecule has 0 spiro atoms. The van der Waals surface area contributed by atoms with Crippen LogP contribution in [0.3, 0.4) is 0 Å². The summed E-state index contributed by atoms with van der Waals surface area (Å²) in [7, 11) is 1.66. The van der Waals surface area contributed by atoms with Gasteiger partial charge in [-0.2, -0.15) is 0 Å². The maximum absolute atomic E-state index is 5.83. The highest BCUT2D eigenvalue weighted by Crippen LogP contribution is 2.10. The molecule has 0 saturated carbocycles. The zero-order valence-electron chi connectivity index (χ0n) is 8.27.